The maximum atomic E-state index is 12.9. The van der Waals surface area contributed by atoms with E-state index in [1.165, 1.54) is 12.1 Å². The summed E-state index contributed by atoms with van der Waals surface area (Å²) in [6, 6.07) is 14.4. The Balaban J connectivity index is 1.51. The molecule has 3 aromatic heterocycles. The minimum Gasteiger partial charge on any atom is -0.406 e. The zero-order valence-electron chi connectivity index (χ0n) is 19.2. The van der Waals surface area contributed by atoms with Crippen molar-refractivity contribution in [1.29, 1.82) is 0 Å². The zero-order valence-corrected chi connectivity index (χ0v) is 19.2. The quantitative estimate of drug-likeness (QED) is 0.330. The molecule has 1 N–H and O–H groups in total. The largest absolute Gasteiger partial charge is 0.573 e. The molecule has 0 atom stereocenters. The van der Waals surface area contributed by atoms with Crippen molar-refractivity contribution in [2.75, 3.05) is 5.32 Å². The Kier molecular flexibility index (Phi) is 5.71. The molecule has 0 aliphatic rings. The number of aromatic nitrogens is 4. The second-order valence-electron chi connectivity index (χ2n) is 8.20. The van der Waals surface area contributed by atoms with Crippen molar-refractivity contribution in [3.8, 4) is 22.7 Å². The van der Waals surface area contributed by atoms with Gasteiger partial charge in [0.1, 0.15) is 5.75 Å². The molecule has 2 aromatic carbocycles. The smallest absolute Gasteiger partial charge is 0.406 e. The first kappa shape index (κ1) is 23.2. The van der Waals surface area contributed by atoms with Gasteiger partial charge in [0.15, 0.2) is 5.65 Å². The molecular weight excluding hydrogens is 471 g/mol. The molecule has 0 aliphatic heterocycles. The molecule has 0 bridgehead atoms. The number of anilines is 1. The second kappa shape index (κ2) is 8.88. The van der Waals surface area contributed by atoms with E-state index in [9.17, 15) is 18.0 Å². The highest BCUT2D eigenvalue weighted by atomic mass is 19.4. The fraction of sp³-hybridized carbons (Fsp3) is 0.115. The summed E-state index contributed by atoms with van der Waals surface area (Å²) < 4.78 is 45.5. The molecule has 0 spiro atoms. The Morgan fingerprint density at radius 2 is 1.83 bits per heavy atom. The number of fused-ring (bicyclic) bond motifs is 1. The Morgan fingerprint density at radius 3 is 2.58 bits per heavy atom. The molecule has 36 heavy (non-hydrogen) atoms. The van der Waals surface area contributed by atoms with Crippen LogP contribution >= 0.6 is 0 Å². The maximum absolute atomic E-state index is 12.9. The lowest BCUT2D eigenvalue weighted by Crippen LogP contribution is -2.18. The van der Waals surface area contributed by atoms with Crippen LogP contribution in [0.25, 0.3) is 22.6 Å². The van der Waals surface area contributed by atoms with E-state index < -0.39 is 18.0 Å². The number of nitrogens with zero attached hydrogens (tertiary/aromatic N) is 4. The monoisotopic (exact) mass is 491 g/mol. The first-order valence-corrected chi connectivity index (χ1v) is 10.9. The number of carbonyl (C=O) groups excluding carboxylic acids is 1. The summed E-state index contributed by atoms with van der Waals surface area (Å²) in [6.45, 7) is 3.80. The van der Waals surface area contributed by atoms with Gasteiger partial charge in [0.2, 0.25) is 0 Å². The summed E-state index contributed by atoms with van der Waals surface area (Å²) in [6.07, 6.45) is 2.26. The van der Waals surface area contributed by atoms with Crippen molar-refractivity contribution in [3.05, 3.63) is 96.1 Å². The maximum Gasteiger partial charge on any atom is 0.573 e. The van der Waals surface area contributed by atoms with E-state index in [4.69, 9.17) is 0 Å². The lowest BCUT2D eigenvalue weighted by atomic mass is 10.1. The third-order valence-corrected chi connectivity index (χ3v) is 5.67. The van der Waals surface area contributed by atoms with Crippen molar-refractivity contribution >= 4 is 17.2 Å². The Labute approximate surface area is 203 Å². The molecule has 0 saturated carbocycles. The summed E-state index contributed by atoms with van der Waals surface area (Å²) in [5.41, 5.74) is 5.58. The van der Waals surface area contributed by atoms with Gasteiger partial charge in [-0.2, -0.15) is 0 Å². The van der Waals surface area contributed by atoms with Crippen LogP contribution in [0.15, 0.2) is 79.4 Å². The molecule has 3 heterocycles. The van der Waals surface area contributed by atoms with Crippen LogP contribution in [0, 0.1) is 13.8 Å². The van der Waals surface area contributed by atoms with Crippen LogP contribution in [0.2, 0.25) is 0 Å². The minimum absolute atomic E-state index is 0.0371. The normalized spacial score (nSPS) is 11.6. The average molecular weight is 491 g/mol. The molecular formula is C26H20F3N5O2. The number of amides is 1. The number of halogens is 3. The van der Waals surface area contributed by atoms with E-state index in [0.29, 0.717) is 5.69 Å². The molecule has 10 heteroatoms. The lowest BCUT2D eigenvalue weighted by molar-refractivity contribution is -0.274. The van der Waals surface area contributed by atoms with Gasteiger partial charge in [-0.05, 0) is 61.4 Å². The number of nitrogens with one attached hydrogen (secondary N) is 1. The predicted octanol–water partition coefficient (Wildman–Crippen LogP) is 5.95. The molecule has 0 fully saturated rings. The van der Waals surface area contributed by atoms with Gasteiger partial charge in [-0.25, -0.2) is 9.50 Å². The Bertz CT molecular complexity index is 1570. The first-order valence-electron chi connectivity index (χ1n) is 10.9. The zero-order chi connectivity index (χ0) is 25.4. The van der Waals surface area contributed by atoms with E-state index in [1.54, 1.807) is 18.6 Å². The van der Waals surface area contributed by atoms with Crippen LogP contribution < -0.4 is 10.1 Å². The van der Waals surface area contributed by atoms with Crippen molar-refractivity contribution < 1.29 is 22.7 Å². The number of ether oxygens (including phenoxy) is 1. The number of pyridine rings is 1. The summed E-state index contributed by atoms with van der Waals surface area (Å²) in [4.78, 5) is 21.6. The third-order valence-electron chi connectivity index (χ3n) is 5.67. The number of rotatable bonds is 5. The van der Waals surface area contributed by atoms with E-state index >= 15 is 0 Å². The molecule has 0 unspecified atom stereocenters. The predicted molar refractivity (Wildman–Crippen MR) is 128 cm³/mol. The third kappa shape index (κ3) is 4.52. The molecule has 0 aliphatic carbocycles. The Morgan fingerprint density at radius 1 is 1.00 bits per heavy atom. The fourth-order valence-electron chi connectivity index (χ4n) is 4.05. The molecule has 5 rings (SSSR count). The van der Waals surface area contributed by atoms with Crippen molar-refractivity contribution in [1.82, 2.24) is 19.2 Å². The number of imidazole rings is 1. The Hall–Kier alpha value is -4.60. The number of alkyl halides is 3. The highest BCUT2D eigenvalue weighted by Crippen LogP contribution is 2.28. The molecule has 5 aromatic rings. The minimum atomic E-state index is -4.85. The number of hydrogen-bond donors (Lipinski definition) is 1. The van der Waals surface area contributed by atoms with E-state index in [2.05, 4.69) is 20.0 Å². The topological polar surface area (TPSA) is 73.5 Å². The SMILES string of the molecule is Cc1cc(C)c(-n2ccc3ncc(-c4cccnc4)n32)cc1NC(=O)c1cccc(OC(F)(F)F)c1. The van der Waals surface area contributed by atoms with Crippen molar-refractivity contribution in [2.24, 2.45) is 0 Å². The van der Waals surface area contributed by atoms with Crippen LogP contribution in [0.1, 0.15) is 21.5 Å². The highest BCUT2D eigenvalue weighted by molar-refractivity contribution is 6.05. The van der Waals surface area contributed by atoms with E-state index in [0.717, 1.165) is 45.9 Å². The van der Waals surface area contributed by atoms with Gasteiger partial charge >= 0.3 is 6.36 Å². The van der Waals surface area contributed by atoms with Gasteiger partial charge in [-0.3, -0.25) is 14.5 Å². The van der Waals surface area contributed by atoms with Crippen LogP contribution in [0.5, 0.6) is 5.75 Å². The van der Waals surface area contributed by atoms with E-state index in [-0.39, 0.29) is 5.56 Å². The van der Waals surface area contributed by atoms with Crippen LogP contribution in [0.3, 0.4) is 0 Å². The van der Waals surface area contributed by atoms with E-state index in [1.807, 2.05) is 59.6 Å². The summed E-state index contributed by atoms with van der Waals surface area (Å²) in [5, 5.41) is 2.81. The van der Waals surface area contributed by atoms with Crippen LogP contribution in [-0.4, -0.2) is 31.4 Å². The van der Waals surface area contributed by atoms with Gasteiger partial charge in [0, 0.05) is 41.5 Å². The second-order valence-corrected chi connectivity index (χ2v) is 8.20. The average Bonchev–Trinajstić information content (AvgIpc) is 3.43. The highest BCUT2D eigenvalue weighted by Gasteiger charge is 2.31. The first-order chi connectivity index (χ1) is 17.2. The molecule has 0 saturated heterocycles. The fourth-order valence-corrected chi connectivity index (χ4v) is 4.05. The molecule has 7 nitrogen and oxygen atoms in total. The van der Waals surface area contributed by atoms with Gasteiger partial charge in [0.05, 0.1) is 17.6 Å². The van der Waals surface area contributed by atoms with Gasteiger partial charge in [-0.1, -0.05) is 12.1 Å². The van der Waals surface area contributed by atoms with Gasteiger partial charge in [-0.15, -0.1) is 13.2 Å². The molecule has 182 valence electrons. The summed E-state index contributed by atoms with van der Waals surface area (Å²) in [5.74, 6) is -1.02. The number of carbonyl (C=O) groups is 1. The number of benzene rings is 2. The van der Waals surface area contributed by atoms with Crippen molar-refractivity contribution in [2.45, 2.75) is 20.2 Å². The standard InChI is InChI=1S/C26H20F3N5O2/c1-16-11-17(2)22(33-10-8-24-31-15-23(34(24)33)19-6-4-9-30-14-19)13-21(16)32-25(35)18-5-3-7-20(12-18)36-26(27,28)29/h3-15H,1-2H3,(H,32,35). The molecule has 0 radical (unpaired) electrons. The van der Waals surface area contributed by atoms with Gasteiger partial charge in [0.25, 0.3) is 5.91 Å². The van der Waals surface area contributed by atoms with Crippen LogP contribution in [0.4, 0.5) is 18.9 Å². The summed E-state index contributed by atoms with van der Waals surface area (Å²) in [7, 11) is 0. The summed E-state index contributed by atoms with van der Waals surface area (Å²) >= 11 is 0. The lowest BCUT2D eigenvalue weighted by Gasteiger charge is -2.16. The number of aryl methyl sites for hydroxylation is 2. The number of hydrogen-bond acceptors (Lipinski definition) is 4. The van der Waals surface area contributed by atoms with Gasteiger partial charge < -0.3 is 10.1 Å². The molecule has 1 amide bonds. The van der Waals surface area contributed by atoms with Crippen molar-refractivity contribution in [3.63, 3.8) is 0 Å². The van der Waals surface area contributed by atoms with Crippen LogP contribution in [-0.2, 0) is 0 Å².